The predicted molar refractivity (Wildman–Crippen MR) is 94.6 cm³/mol. The zero-order chi connectivity index (χ0) is 16.6. The van der Waals surface area contributed by atoms with Gasteiger partial charge in [0.15, 0.2) is 0 Å². The predicted octanol–water partition coefficient (Wildman–Crippen LogP) is 3.81. The lowest BCUT2D eigenvalue weighted by Crippen LogP contribution is -2.34. The number of benzene rings is 2. The molecule has 2 aromatic carbocycles. The van der Waals surface area contributed by atoms with Crippen molar-refractivity contribution < 1.29 is 9.52 Å². The van der Waals surface area contributed by atoms with Crippen LogP contribution in [0.2, 0.25) is 5.02 Å². The number of likely N-dealkylation sites (N-methyl/N-ethyl adjacent to an activating group) is 1. The number of rotatable bonds is 4. The van der Waals surface area contributed by atoms with Crippen LogP contribution in [0.15, 0.2) is 45.6 Å². The molecule has 0 aliphatic carbocycles. The van der Waals surface area contributed by atoms with Crippen molar-refractivity contribution in [2.24, 2.45) is 0 Å². The first-order valence-electron chi connectivity index (χ1n) is 7.55. The molecule has 0 fully saturated rings. The molecule has 0 bridgehead atoms. The number of halogens is 1. The molecular weight excluding hydrogens is 314 g/mol. The van der Waals surface area contributed by atoms with Gasteiger partial charge in [-0.2, -0.15) is 0 Å². The monoisotopic (exact) mass is 331 g/mol. The Morgan fingerprint density at radius 1 is 1.17 bits per heavy atom. The van der Waals surface area contributed by atoms with Crippen molar-refractivity contribution in [1.82, 2.24) is 0 Å². The molecule has 0 unspecified atom stereocenters. The van der Waals surface area contributed by atoms with E-state index in [1.165, 1.54) is 0 Å². The minimum absolute atomic E-state index is 0.00870. The normalized spacial score (nSPS) is 12.7. The molecule has 0 spiro atoms. The Hall–Kier alpha value is -2.04. The number of nitrogens with zero attached hydrogens (tertiary/aromatic N) is 1. The van der Waals surface area contributed by atoms with Crippen molar-refractivity contribution in [3.05, 3.63) is 51.6 Å². The third-order valence-electron chi connectivity index (χ3n) is 4.25. The molecule has 0 amide bonds. The van der Waals surface area contributed by atoms with Crippen molar-refractivity contribution in [2.45, 2.75) is 19.4 Å². The second kappa shape index (κ2) is 6.22. The number of fused-ring (bicyclic) bond motifs is 2. The summed E-state index contributed by atoms with van der Waals surface area (Å²) in [6, 6.07) is 10.5. The summed E-state index contributed by atoms with van der Waals surface area (Å²) in [6.07, 6.45) is 0.812. The fraction of sp³-hybridized carbons (Fsp3) is 0.278. The first-order valence-corrected chi connectivity index (χ1v) is 7.92. The largest absolute Gasteiger partial charge is 0.456 e. The second-order valence-corrected chi connectivity index (χ2v) is 6.04. The van der Waals surface area contributed by atoms with E-state index in [4.69, 9.17) is 16.0 Å². The molecule has 1 N–H and O–H groups in total. The number of aliphatic hydroxyl groups excluding tert-OH is 1. The summed E-state index contributed by atoms with van der Waals surface area (Å²) in [5, 5.41) is 10.9. The lowest BCUT2D eigenvalue weighted by Gasteiger charge is -2.27. The van der Waals surface area contributed by atoms with Crippen LogP contribution in [0.1, 0.15) is 13.3 Å². The summed E-state index contributed by atoms with van der Waals surface area (Å²) in [4.78, 5) is 14.7. The van der Waals surface area contributed by atoms with Gasteiger partial charge in [-0.3, -0.25) is 4.79 Å². The van der Waals surface area contributed by atoms with Crippen LogP contribution in [-0.4, -0.2) is 24.8 Å². The standard InChI is InChI=1S/C18H18ClNO3/c1-3-12(10-21)20(2)13-5-7-17-15(9-13)18(22)14-8-11(19)4-6-16(14)23-17/h4-9,12,21H,3,10H2,1-2H3/t12-/m1/s1. The Morgan fingerprint density at radius 3 is 2.48 bits per heavy atom. The molecule has 0 radical (unpaired) electrons. The van der Waals surface area contributed by atoms with Gasteiger partial charge in [-0.25, -0.2) is 0 Å². The van der Waals surface area contributed by atoms with E-state index in [9.17, 15) is 9.90 Å². The second-order valence-electron chi connectivity index (χ2n) is 5.61. The Morgan fingerprint density at radius 2 is 1.83 bits per heavy atom. The SMILES string of the molecule is CC[C@H](CO)N(C)c1ccc2oc3ccc(Cl)cc3c(=O)c2c1. The summed E-state index contributed by atoms with van der Waals surface area (Å²) >= 11 is 5.99. The highest BCUT2D eigenvalue weighted by Gasteiger charge is 2.15. The molecule has 3 rings (SSSR count). The van der Waals surface area contributed by atoms with Gasteiger partial charge in [0.05, 0.1) is 23.4 Å². The molecule has 5 heteroatoms. The van der Waals surface area contributed by atoms with Crippen LogP contribution < -0.4 is 10.3 Å². The van der Waals surface area contributed by atoms with Gasteiger partial charge in [0.2, 0.25) is 5.43 Å². The lowest BCUT2D eigenvalue weighted by molar-refractivity contribution is 0.259. The van der Waals surface area contributed by atoms with E-state index in [0.29, 0.717) is 27.0 Å². The summed E-state index contributed by atoms with van der Waals surface area (Å²) in [5.41, 5.74) is 1.83. The molecule has 120 valence electrons. The molecule has 1 aromatic heterocycles. The van der Waals surface area contributed by atoms with Crippen LogP contribution in [0.5, 0.6) is 0 Å². The number of aliphatic hydroxyl groups is 1. The van der Waals surface area contributed by atoms with Gasteiger partial charge in [0, 0.05) is 17.8 Å². The van der Waals surface area contributed by atoms with E-state index in [2.05, 4.69) is 0 Å². The Balaban J connectivity index is 2.21. The summed E-state index contributed by atoms with van der Waals surface area (Å²) in [7, 11) is 1.91. The highest BCUT2D eigenvalue weighted by molar-refractivity contribution is 6.31. The van der Waals surface area contributed by atoms with Crippen LogP contribution in [0, 0.1) is 0 Å². The van der Waals surface area contributed by atoms with E-state index in [0.717, 1.165) is 12.1 Å². The van der Waals surface area contributed by atoms with E-state index in [1.807, 2.05) is 24.9 Å². The van der Waals surface area contributed by atoms with Crippen LogP contribution in [-0.2, 0) is 0 Å². The maximum atomic E-state index is 12.7. The van der Waals surface area contributed by atoms with E-state index in [1.54, 1.807) is 30.3 Å². The first-order chi connectivity index (χ1) is 11.0. The van der Waals surface area contributed by atoms with Crippen LogP contribution >= 0.6 is 11.6 Å². The molecule has 0 saturated heterocycles. The minimum atomic E-state index is -0.101. The van der Waals surface area contributed by atoms with Crippen molar-refractivity contribution in [2.75, 3.05) is 18.6 Å². The topological polar surface area (TPSA) is 53.7 Å². The van der Waals surface area contributed by atoms with Crippen LogP contribution in [0.4, 0.5) is 5.69 Å². The number of hydrogen-bond donors (Lipinski definition) is 1. The summed E-state index contributed by atoms with van der Waals surface area (Å²) in [5.74, 6) is 0. The van der Waals surface area contributed by atoms with Crippen molar-refractivity contribution >= 4 is 39.2 Å². The van der Waals surface area contributed by atoms with E-state index < -0.39 is 0 Å². The Bertz CT molecular complexity index is 915. The van der Waals surface area contributed by atoms with Gasteiger partial charge in [-0.1, -0.05) is 18.5 Å². The maximum Gasteiger partial charge on any atom is 0.200 e. The van der Waals surface area contributed by atoms with Gasteiger partial charge in [0.1, 0.15) is 11.2 Å². The third kappa shape index (κ3) is 2.80. The van der Waals surface area contributed by atoms with Crippen LogP contribution in [0.25, 0.3) is 21.9 Å². The quantitative estimate of drug-likeness (QED) is 0.739. The van der Waals surface area contributed by atoms with Crippen molar-refractivity contribution in [3.8, 4) is 0 Å². The van der Waals surface area contributed by atoms with Gasteiger partial charge in [0.25, 0.3) is 0 Å². The molecule has 0 aliphatic rings. The zero-order valence-electron chi connectivity index (χ0n) is 13.0. The van der Waals surface area contributed by atoms with Crippen LogP contribution in [0.3, 0.4) is 0 Å². The van der Waals surface area contributed by atoms with Gasteiger partial charge < -0.3 is 14.4 Å². The molecule has 3 aromatic rings. The summed E-state index contributed by atoms with van der Waals surface area (Å²) < 4.78 is 5.80. The number of anilines is 1. The van der Waals surface area contributed by atoms with Crippen molar-refractivity contribution in [3.63, 3.8) is 0 Å². The van der Waals surface area contributed by atoms with Gasteiger partial charge in [-0.05, 0) is 42.8 Å². The third-order valence-corrected chi connectivity index (χ3v) is 4.49. The van der Waals surface area contributed by atoms with E-state index >= 15 is 0 Å². The average Bonchev–Trinajstić information content (AvgIpc) is 2.56. The molecular formula is C18H18ClNO3. The first kappa shape index (κ1) is 15.8. The maximum absolute atomic E-state index is 12.7. The summed E-state index contributed by atoms with van der Waals surface area (Å²) in [6.45, 7) is 2.08. The molecule has 1 heterocycles. The highest BCUT2D eigenvalue weighted by atomic mass is 35.5. The molecule has 4 nitrogen and oxygen atoms in total. The lowest BCUT2D eigenvalue weighted by atomic mass is 10.1. The Labute approximate surface area is 138 Å². The minimum Gasteiger partial charge on any atom is -0.456 e. The fourth-order valence-electron chi connectivity index (χ4n) is 2.77. The molecule has 23 heavy (non-hydrogen) atoms. The zero-order valence-corrected chi connectivity index (χ0v) is 13.8. The average molecular weight is 332 g/mol. The molecule has 0 aliphatic heterocycles. The fourth-order valence-corrected chi connectivity index (χ4v) is 2.94. The Kier molecular flexibility index (Phi) is 4.28. The van der Waals surface area contributed by atoms with E-state index in [-0.39, 0.29) is 18.1 Å². The smallest absolute Gasteiger partial charge is 0.200 e. The highest BCUT2D eigenvalue weighted by Crippen LogP contribution is 2.25. The number of hydrogen-bond acceptors (Lipinski definition) is 4. The van der Waals surface area contributed by atoms with Gasteiger partial charge >= 0.3 is 0 Å². The van der Waals surface area contributed by atoms with Crippen molar-refractivity contribution in [1.29, 1.82) is 0 Å². The molecule has 1 atom stereocenters. The van der Waals surface area contributed by atoms with Gasteiger partial charge in [-0.15, -0.1) is 0 Å². The molecule has 0 saturated carbocycles.